The number of allylic oxidation sites excluding steroid dienone is 1. The maximum Gasteiger partial charge on any atom is 0.272 e. The number of fused-ring (bicyclic) bond motifs is 5. The maximum absolute atomic E-state index is 14.6. The summed E-state index contributed by atoms with van der Waals surface area (Å²) in [6.07, 6.45) is 10.4. The predicted molar refractivity (Wildman–Crippen MR) is 203 cm³/mol. The fraction of sp³-hybridized carbons (Fsp3) is 0.425. The van der Waals surface area contributed by atoms with E-state index in [1.165, 1.54) is 17.3 Å². The molecule has 55 heavy (non-hydrogen) atoms. The van der Waals surface area contributed by atoms with Crippen LogP contribution in [0.2, 0.25) is 0 Å². The van der Waals surface area contributed by atoms with E-state index in [0.29, 0.717) is 43.7 Å². The molecule has 2 aliphatic carbocycles. The van der Waals surface area contributed by atoms with Gasteiger partial charge >= 0.3 is 0 Å². The molecular formula is C40H43N7O7S. The molecular weight excluding hydrogens is 723 g/mol. The molecule has 2 saturated carbocycles. The van der Waals surface area contributed by atoms with E-state index in [1.54, 1.807) is 6.92 Å². The van der Waals surface area contributed by atoms with Crippen molar-refractivity contribution >= 4 is 55.3 Å². The number of rotatable bonds is 7. The largest absolute Gasteiger partial charge is 0.472 e. The molecule has 3 N–H and O–H groups in total. The van der Waals surface area contributed by atoms with Crippen LogP contribution in [0.15, 0.2) is 73.1 Å². The van der Waals surface area contributed by atoms with Gasteiger partial charge in [0.15, 0.2) is 0 Å². The Morgan fingerprint density at radius 2 is 1.71 bits per heavy atom. The van der Waals surface area contributed by atoms with Gasteiger partial charge in [-0.2, -0.15) is 0 Å². The van der Waals surface area contributed by atoms with Crippen LogP contribution in [0.4, 0.5) is 0 Å². The lowest BCUT2D eigenvalue weighted by Gasteiger charge is -2.29. The highest BCUT2D eigenvalue weighted by Crippen LogP contribution is 2.46. The number of hydrogen-bond donors (Lipinski definition) is 3. The molecule has 14 nitrogen and oxygen atoms in total. The smallest absolute Gasteiger partial charge is 0.272 e. The summed E-state index contributed by atoms with van der Waals surface area (Å²) in [4.78, 5) is 70.9. The second-order valence-electron chi connectivity index (χ2n) is 15.0. The highest BCUT2D eigenvalue weighted by atomic mass is 32.2. The zero-order chi connectivity index (χ0) is 38.3. The number of aromatic nitrogens is 3. The fourth-order valence-electron chi connectivity index (χ4n) is 7.71. The van der Waals surface area contributed by atoms with E-state index in [9.17, 15) is 27.6 Å². The Kier molecular flexibility index (Phi) is 9.74. The zero-order valence-corrected chi connectivity index (χ0v) is 31.3. The van der Waals surface area contributed by atoms with Crippen LogP contribution in [0, 0.1) is 12.8 Å². The minimum atomic E-state index is -3.89. The van der Waals surface area contributed by atoms with Crippen LogP contribution in [-0.2, 0) is 24.4 Å². The van der Waals surface area contributed by atoms with E-state index in [1.807, 2.05) is 60.7 Å². The number of hydrogen-bond acceptors (Lipinski definition) is 10. The lowest BCUT2D eigenvalue weighted by atomic mass is 10.0. The SMILES string of the molecule is Cc1cnc(C(=O)NC2CCCCCC=CC3C[C@@]3(C(=O)NS(=O)(=O)C3CC3)NC(=O)C3CC(Oc4nc5ccccc5c5ccccc45)CN3C2=O)cn1. The molecule has 4 amide bonds. The molecule has 0 spiro atoms. The third kappa shape index (κ3) is 7.49. The van der Waals surface area contributed by atoms with Crippen LogP contribution in [-0.4, -0.2) is 87.4 Å². The van der Waals surface area contributed by atoms with Gasteiger partial charge in [0.2, 0.25) is 27.7 Å². The molecule has 4 aliphatic rings. The molecule has 286 valence electrons. The Labute approximate surface area is 318 Å². The molecule has 15 heteroatoms. The third-order valence-electron chi connectivity index (χ3n) is 11.0. The minimum Gasteiger partial charge on any atom is -0.472 e. The fourth-order valence-corrected chi connectivity index (χ4v) is 9.07. The topological polar surface area (TPSA) is 190 Å². The standard InChI is InChI=1S/C40H43N7O7S/c1-24-21-42-33(22-41-24)35(48)43-32-16-6-4-2-3-5-11-25-20-40(25,39(51)46-55(52,53)27-17-18-27)45-36(49)34-19-26(23-47(34)38(32)50)54-37-30-14-8-7-12-28(30)29-13-9-10-15-31(29)44-37/h5,7-15,21-22,25-27,32,34H,2-4,6,16-20,23H2,1H3,(H,43,48)(H,45,49)(H,46,51)/t25?,26?,32?,34?,40-/m1/s1. The Hall–Kier alpha value is -5.44. The lowest BCUT2D eigenvalue weighted by molar-refractivity contribution is -0.141. The monoisotopic (exact) mass is 765 g/mol. The van der Waals surface area contributed by atoms with Crippen molar-refractivity contribution in [1.82, 2.24) is 35.2 Å². The zero-order valence-electron chi connectivity index (χ0n) is 30.4. The van der Waals surface area contributed by atoms with Gasteiger partial charge in [-0.25, -0.2) is 18.4 Å². The number of carbonyl (C=O) groups excluding carboxylic acids is 4. The first kappa shape index (κ1) is 36.5. The highest BCUT2D eigenvalue weighted by molar-refractivity contribution is 7.91. The van der Waals surface area contributed by atoms with Gasteiger partial charge < -0.3 is 20.3 Å². The molecule has 2 aromatic heterocycles. The van der Waals surface area contributed by atoms with Crippen molar-refractivity contribution in [2.75, 3.05) is 6.54 Å². The summed E-state index contributed by atoms with van der Waals surface area (Å²) in [5.41, 5.74) is -0.0889. The van der Waals surface area contributed by atoms with Crippen molar-refractivity contribution in [1.29, 1.82) is 0 Å². The van der Waals surface area contributed by atoms with Crippen molar-refractivity contribution in [2.24, 2.45) is 5.92 Å². The van der Waals surface area contributed by atoms with Gasteiger partial charge in [-0.05, 0) is 63.0 Å². The van der Waals surface area contributed by atoms with Crippen molar-refractivity contribution in [2.45, 2.75) is 93.7 Å². The summed E-state index contributed by atoms with van der Waals surface area (Å²) in [5.74, 6) is -2.52. The molecule has 3 fully saturated rings. The molecule has 5 atom stereocenters. The number of nitrogens with zero attached hydrogens (tertiary/aromatic N) is 4. The Morgan fingerprint density at radius 1 is 0.945 bits per heavy atom. The van der Waals surface area contributed by atoms with Gasteiger partial charge in [0.1, 0.15) is 29.4 Å². The molecule has 0 bridgehead atoms. The number of nitrogens with one attached hydrogen (secondary N) is 3. The van der Waals surface area contributed by atoms with Crippen molar-refractivity contribution in [3.8, 4) is 5.88 Å². The molecule has 1 saturated heterocycles. The van der Waals surface area contributed by atoms with Crippen molar-refractivity contribution in [3.05, 3.63) is 84.5 Å². The lowest BCUT2D eigenvalue weighted by Crippen LogP contribution is -2.58. The van der Waals surface area contributed by atoms with Gasteiger partial charge in [0, 0.05) is 29.3 Å². The number of benzene rings is 2. The number of pyridine rings is 1. The maximum atomic E-state index is 14.6. The van der Waals surface area contributed by atoms with Crippen LogP contribution in [0.5, 0.6) is 5.88 Å². The van der Waals surface area contributed by atoms with E-state index >= 15 is 0 Å². The summed E-state index contributed by atoms with van der Waals surface area (Å²) < 4.78 is 34.6. The first-order chi connectivity index (χ1) is 26.5. The highest BCUT2D eigenvalue weighted by Gasteiger charge is 2.62. The summed E-state index contributed by atoms with van der Waals surface area (Å²) in [6.45, 7) is 1.75. The predicted octanol–water partition coefficient (Wildman–Crippen LogP) is 3.64. The molecule has 4 unspecified atom stereocenters. The molecule has 2 aromatic carbocycles. The van der Waals surface area contributed by atoms with E-state index in [4.69, 9.17) is 9.72 Å². The molecule has 4 aromatic rings. The number of carbonyl (C=O) groups is 4. The second-order valence-corrected chi connectivity index (χ2v) is 17.0. The van der Waals surface area contributed by atoms with Crippen LogP contribution in [0.25, 0.3) is 21.7 Å². The Bertz CT molecular complexity index is 2310. The van der Waals surface area contributed by atoms with Gasteiger partial charge in [0.05, 0.1) is 29.2 Å². The molecule has 0 radical (unpaired) electrons. The van der Waals surface area contributed by atoms with Crippen molar-refractivity contribution in [3.63, 3.8) is 0 Å². The summed E-state index contributed by atoms with van der Waals surface area (Å²) in [5, 5.41) is 7.79. The van der Waals surface area contributed by atoms with Gasteiger partial charge in [0.25, 0.3) is 11.8 Å². The number of amides is 4. The van der Waals surface area contributed by atoms with Crippen LogP contribution in [0.1, 0.15) is 74.0 Å². The minimum absolute atomic E-state index is 0.00491. The first-order valence-electron chi connectivity index (χ1n) is 18.9. The van der Waals surface area contributed by atoms with Crippen LogP contribution in [0.3, 0.4) is 0 Å². The summed E-state index contributed by atoms with van der Waals surface area (Å²) in [6, 6.07) is 13.3. The van der Waals surface area contributed by atoms with Crippen LogP contribution < -0.4 is 20.1 Å². The molecule has 4 heterocycles. The van der Waals surface area contributed by atoms with Crippen molar-refractivity contribution < 1.29 is 32.3 Å². The van der Waals surface area contributed by atoms with E-state index in [0.717, 1.165) is 34.5 Å². The van der Waals surface area contributed by atoms with E-state index < -0.39 is 68.5 Å². The average Bonchev–Trinajstić information content (AvgIpc) is 4.11. The Balaban J connectivity index is 1.12. The van der Waals surface area contributed by atoms with Crippen LogP contribution >= 0.6 is 0 Å². The Morgan fingerprint density at radius 3 is 2.47 bits per heavy atom. The average molecular weight is 766 g/mol. The molecule has 2 aliphatic heterocycles. The normalized spacial score (nSPS) is 25.9. The number of sulfonamides is 1. The van der Waals surface area contributed by atoms with Gasteiger partial charge in [-0.15, -0.1) is 0 Å². The first-order valence-corrected chi connectivity index (χ1v) is 20.5. The second kappa shape index (κ2) is 14.7. The van der Waals surface area contributed by atoms with Gasteiger partial charge in [-0.1, -0.05) is 61.4 Å². The molecule has 8 rings (SSSR count). The third-order valence-corrected chi connectivity index (χ3v) is 12.8. The number of aryl methyl sites for hydroxylation is 1. The van der Waals surface area contributed by atoms with E-state index in [-0.39, 0.29) is 25.1 Å². The quantitative estimate of drug-likeness (QED) is 0.185. The summed E-state index contributed by atoms with van der Waals surface area (Å²) in [7, 11) is -3.89. The number of ether oxygens (including phenoxy) is 1. The summed E-state index contributed by atoms with van der Waals surface area (Å²) >= 11 is 0. The number of para-hydroxylation sites is 1. The van der Waals surface area contributed by atoms with E-state index in [2.05, 4.69) is 25.3 Å². The van der Waals surface area contributed by atoms with Gasteiger partial charge in [-0.3, -0.25) is 28.9 Å².